The molecule has 0 N–H and O–H groups in total. The Labute approximate surface area is 93.1 Å². The van der Waals surface area contributed by atoms with Crippen molar-refractivity contribution in [2.75, 3.05) is 0 Å². The molecular weight excluding hydrogens is 167 g/mol. The van der Waals surface area contributed by atoms with Gasteiger partial charge in [0.05, 0.1) is 0 Å². The van der Waals surface area contributed by atoms with Gasteiger partial charge in [-0.15, -0.1) is 0 Å². The van der Waals surface area contributed by atoms with Crippen molar-refractivity contribution in [3.05, 3.63) is 0 Å². The second kappa shape index (κ2) is 11.1. The van der Waals surface area contributed by atoms with E-state index in [4.69, 9.17) is 0 Å². The average Bonchev–Trinajstić information content (AvgIpc) is 2.06. The summed E-state index contributed by atoms with van der Waals surface area (Å²) in [4.78, 5) is 0. The van der Waals surface area contributed by atoms with Gasteiger partial charge in [0.1, 0.15) is 7.28 Å². The van der Waals surface area contributed by atoms with E-state index >= 15 is 0 Å². The maximum atomic E-state index is 2.52. The molecule has 0 aromatic carbocycles. The summed E-state index contributed by atoms with van der Waals surface area (Å²) in [7, 11) is 2.52. The van der Waals surface area contributed by atoms with Crippen molar-refractivity contribution >= 4 is 7.28 Å². The highest BCUT2D eigenvalue weighted by Crippen LogP contribution is 2.22. The Bertz CT molecular complexity index is 99.4. The lowest BCUT2D eigenvalue weighted by atomic mass is 9.53. The van der Waals surface area contributed by atoms with E-state index < -0.39 is 0 Å². The zero-order valence-corrected chi connectivity index (χ0v) is 11.4. The molecule has 0 amide bonds. The summed E-state index contributed by atoms with van der Waals surface area (Å²) in [6, 6.07) is 0. The van der Waals surface area contributed by atoms with E-state index in [1.807, 2.05) is 13.8 Å². The maximum Gasteiger partial charge on any atom is 0.117 e. The quantitative estimate of drug-likeness (QED) is 0.514. The molecule has 14 heavy (non-hydrogen) atoms. The van der Waals surface area contributed by atoms with E-state index in [0.29, 0.717) is 0 Å². The second-order valence-corrected chi connectivity index (χ2v) is 4.57. The van der Waals surface area contributed by atoms with Crippen LogP contribution >= 0.6 is 0 Å². The molecule has 0 aromatic heterocycles. The number of hydrogen-bond donors (Lipinski definition) is 0. The van der Waals surface area contributed by atoms with Gasteiger partial charge in [-0.05, 0) is 5.92 Å². The van der Waals surface area contributed by atoms with Crippen LogP contribution < -0.4 is 0 Å². The molecule has 0 heterocycles. The van der Waals surface area contributed by atoms with Crippen molar-refractivity contribution in [1.82, 2.24) is 0 Å². The molecule has 0 saturated heterocycles. The lowest BCUT2D eigenvalue weighted by Crippen LogP contribution is -2.08. The van der Waals surface area contributed by atoms with Crippen molar-refractivity contribution in [3.8, 4) is 0 Å². The standard InChI is InChI=1S/C11H24B.C2H6/c1-6-7-10(4)12-11(5)8-9(2)3;1-2/h9-11H,6-8H2,1-5H3;1-2H3. The monoisotopic (exact) mass is 197 g/mol. The molecule has 2 atom stereocenters. The van der Waals surface area contributed by atoms with Gasteiger partial charge in [-0.3, -0.25) is 0 Å². The fraction of sp³-hybridized carbons (Fsp3) is 1.00. The zero-order chi connectivity index (χ0) is 11.6. The van der Waals surface area contributed by atoms with Crippen LogP contribution in [0, 0.1) is 5.92 Å². The third-order valence-electron chi connectivity index (χ3n) is 2.24. The lowest BCUT2D eigenvalue weighted by Gasteiger charge is -2.16. The van der Waals surface area contributed by atoms with Gasteiger partial charge in [0, 0.05) is 0 Å². The third-order valence-corrected chi connectivity index (χ3v) is 2.24. The highest BCUT2D eigenvalue weighted by atomic mass is 14.0. The largest absolute Gasteiger partial charge is 0.117 e. The highest BCUT2D eigenvalue weighted by molar-refractivity contribution is 6.39. The normalized spacial score (nSPS) is 14.3. The predicted octanol–water partition coefficient (Wildman–Crippen LogP) is 5.18. The maximum absolute atomic E-state index is 2.52. The van der Waals surface area contributed by atoms with Gasteiger partial charge in [-0.25, -0.2) is 0 Å². The molecule has 0 rings (SSSR count). The Hall–Kier alpha value is 0.0649. The SMILES string of the molecule is CC.CCCC(C)[B]C(C)CC(C)C. The predicted molar refractivity (Wildman–Crippen MR) is 70.3 cm³/mol. The van der Waals surface area contributed by atoms with E-state index in [0.717, 1.165) is 17.6 Å². The molecule has 1 radical (unpaired) electrons. The van der Waals surface area contributed by atoms with E-state index in [-0.39, 0.29) is 0 Å². The molecule has 0 aliphatic rings. The van der Waals surface area contributed by atoms with Crippen molar-refractivity contribution < 1.29 is 0 Å². The molecule has 85 valence electrons. The summed E-state index contributed by atoms with van der Waals surface area (Å²) in [5.41, 5.74) is 0. The fourth-order valence-electron chi connectivity index (χ4n) is 1.93. The molecule has 0 nitrogen and oxygen atoms in total. The van der Waals surface area contributed by atoms with Crippen molar-refractivity contribution in [2.45, 2.75) is 79.4 Å². The third kappa shape index (κ3) is 12.1. The molecule has 0 aliphatic heterocycles. The van der Waals surface area contributed by atoms with Crippen LogP contribution in [0.1, 0.15) is 67.7 Å². The van der Waals surface area contributed by atoms with Crippen LogP contribution in [0.2, 0.25) is 11.6 Å². The Morgan fingerprint density at radius 2 is 1.43 bits per heavy atom. The fourth-order valence-corrected chi connectivity index (χ4v) is 1.93. The van der Waals surface area contributed by atoms with Crippen LogP contribution in [-0.4, -0.2) is 7.28 Å². The van der Waals surface area contributed by atoms with E-state index in [1.54, 1.807) is 0 Å². The van der Waals surface area contributed by atoms with Gasteiger partial charge < -0.3 is 0 Å². The molecular formula is C13H30B. The highest BCUT2D eigenvalue weighted by Gasteiger charge is 2.10. The molecule has 1 heteroatoms. The van der Waals surface area contributed by atoms with Crippen molar-refractivity contribution in [2.24, 2.45) is 5.92 Å². The summed E-state index contributed by atoms with van der Waals surface area (Å²) in [6.07, 6.45) is 4.00. The molecule has 0 saturated carbocycles. The minimum absolute atomic E-state index is 0.798. The first-order chi connectivity index (χ1) is 6.56. The van der Waals surface area contributed by atoms with Crippen molar-refractivity contribution in [3.63, 3.8) is 0 Å². The van der Waals surface area contributed by atoms with Crippen LogP contribution in [0.5, 0.6) is 0 Å². The van der Waals surface area contributed by atoms with Crippen LogP contribution in [-0.2, 0) is 0 Å². The molecule has 0 aromatic rings. The zero-order valence-electron chi connectivity index (χ0n) is 11.4. The summed E-state index contributed by atoms with van der Waals surface area (Å²) >= 11 is 0. The van der Waals surface area contributed by atoms with Gasteiger partial charge in [-0.2, -0.15) is 0 Å². The van der Waals surface area contributed by atoms with Gasteiger partial charge >= 0.3 is 0 Å². The van der Waals surface area contributed by atoms with E-state index in [2.05, 4.69) is 41.9 Å². The summed E-state index contributed by atoms with van der Waals surface area (Å²) in [5, 5.41) is 0. The van der Waals surface area contributed by atoms with Crippen LogP contribution in [0.4, 0.5) is 0 Å². The van der Waals surface area contributed by atoms with Crippen LogP contribution in [0.3, 0.4) is 0 Å². The molecule has 0 spiro atoms. The molecule has 2 unspecified atom stereocenters. The smallest absolute Gasteiger partial charge is 0.0714 e. The summed E-state index contributed by atoms with van der Waals surface area (Å²) in [5.74, 6) is 2.44. The van der Waals surface area contributed by atoms with Crippen LogP contribution in [0.15, 0.2) is 0 Å². The van der Waals surface area contributed by atoms with Gasteiger partial charge in [0.15, 0.2) is 0 Å². The number of hydrogen-bond acceptors (Lipinski definition) is 0. The molecule has 0 fully saturated rings. The first-order valence-electron chi connectivity index (χ1n) is 6.41. The van der Waals surface area contributed by atoms with Gasteiger partial charge in [-0.1, -0.05) is 79.4 Å². The molecule has 0 aliphatic carbocycles. The van der Waals surface area contributed by atoms with Crippen LogP contribution in [0.25, 0.3) is 0 Å². The molecule has 0 bridgehead atoms. The first-order valence-corrected chi connectivity index (χ1v) is 6.41. The Morgan fingerprint density at radius 3 is 1.79 bits per heavy atom. The topological polar surface area (TPSA) is 0 Å². The Kier molecular flexibility index (Phi) is 13.1. The first kappa shape index (κ1) is 16.5. The Balaban J connectivity index is 0. The van der Waals surface area contributed by atoms with Gasteiger partial charge in [0.2, 0.25) is 0 Å². The minimum Gasteiger partial charge on any atom is -0.0714 e. The average molecular weight is 197 g/mol. The Morgan fingerprint density at radius 1 is 0.929 bits per heavy atom. The lowest BCUT2D eigenvalue weighted by molar-refractivity contribution is 0.568. The van der Waals surface area contributed by atoms with Crippen molar-refractivity contribution in [1.29, 1.82) is 0 Å². The summed E-state index contributed by atoms with van der Waals surface area (Å²) < 4.78 is 0. The summed E-state index contributed by atoms with van der Waals surface area (Å²) in [6.45, 7) is 15.5. The minimum atomic E-state index is 0.798. The van der Waals surface area contributed by atoms with E-state index in [9.17, 15) is 0 Å². The number of rotatable bonds is 6. The van der Waals surface area contributed by atoms with E-state index in [1.165, 1.54) is 19.3 Å². The second-order valence-electron chi connectivity index (χ2n) is 4.57. The van der Waals surface area contributed by atoms with Gasteiger partial charge in [0.25, 0.3) is 0 Å².